The lowest BCUT2D eigenvalue weighted by atomic mass is 10.1. The third-order valence-electron chi connectivity index (χ3n) is 4.35. The van der Waals surface area contributed by atoms with Crippen LogP contribution < -0.4 is 5.32 Å². The minimum atomic E-state index is -3.15. The average Bonchev–Trinajstić information content (AvgIpc) is 3.17. The zero-order valence-corrected chi connectivity index (χ0v) is 15.7. The predicted octanol–water partition coefficient (Wildman–Crippen LogP) is 3.77. The number of aromatic nitrogens is 2. The van der Waals surface area contributed by atoms with Crippen LogP contribution in [0, 0.1) is 5.92 Å². The van der Waals surface area contributed by atoms with E-state index < -0.39 is 9.84 Å². The third kappa shape index (κ3) is 3.89. The Balaban J connectivity index is 1.51. The minimum absolute atomic E-state index is 0.0127. The summed E-state index contributed by atoms with van der Waals surface area (Å²) in [5.41, 5.74) is 2.95. The second-order valence-corrected chi connectivity index (χ2v) is 8.81. The van der Waals surface area contributed by atoms with Gasteiger partial charge in [0.1, 0.15) is 5.82 Å². The monoisotopic (exact) mass is 401 g/mol. The molecule has 2 heterocycles. The lowest BCUT2D eigenvalue weighted by molar-refractivity contribution is -0.116. The van der Waals surface area contributed by atoms with Gasteiger partial charge in [-0.25, -0.2) is 13.4 Å². The van der Waals surface area contributed by atoms with Crippen LogP contribution in [0.4, 0.5) is 5.69 Å². The number of aromatic amines is 1. The van der Waals surface area contributed by atoms with E-state index in [4.69, 9.17) is 11.6 Å². The van der Waals surface area contributed by atoms with Crippen molar-refractivity contribution in [1.82, 2.24) is 9.97 Å². The highest BCUT2D eigenvalue weighted by Crippen LogP contribution is 2.28. The summed E-state index contributed by atoms with van der Waals surface area (Å²) in [6, 6.07) is 12.8. The van der Waals surface area contributed by atoms with Crippen LogP contribution >= 0.6 is 11.6 Å². The van der Waals surface area contributed by atoms with Crippen LogP contribution in [0.3, 0.4) is 0 Å². The number of sulfone groups is 1. The fourth-order valence-corrected chi connectivity index (χ4v) is 4.71. The Morgan fingerprint density at radius 2 is 2.07 bits per heavy atom. The van der Waals surface area contributed by atoms with Crippen molar-refractivity contribution in [2.24, 2.45) is 5.92 Å². The molecule has 6 nitrogen and oxygen atoms in total. The summed E-state index contributed by atoms with van der Waals surface area (Å²) in [6.45, 7) is 0. The Hall–Kier alpha value is -2.64. The average molecular weight is 402 g/mol. The van der Waals surface area contributed by atoms with Crippen molar-refractivity contribution < 1.29 is 13.2 Å². The van der Waals surface area contributed by atoms with E-state index in [0.717, 1.165) is 16.6 Å². The predicted molar refractivity (Wildman–Crippen MR) is 106 cm³/mol. The standard InChI is InChI=1S/C19H16ClN3O3S/c20-15-4-2-1-3-14(15)19-22-16-6-5-13(10-17(16)23-19)21-18(24)9-12-7-8-27(25,26)11-12/h1-8,10,12H,9,11H2,(H,21,24)(H,22,23). The molecule has 1 atom stereocenters. The van der Waals surface area contributed by atoms with E-state index in [1.807, 2.05) is 24.3 Å². The van der Waals surface area contributed by atoms with Crippen LogP contribution in [0.2, 0.25) is 5.02 Å². The molecule has 1 unspecified atom stereocenters. The first-order valence-corrected chi connectivity index (χ1v) is 10.4. The molecule has 3 aromatic rings. The number of nitrogens with zero attached hydrogens (tertiary/aromatic N) is 1. The highest BCUT2D eigenvalue weighted by atomic mass is 35.5. The Morgan fingerprint density at radius 3 is 2.81 bits per heavy atom. The zero-order chi connectivity index (χ0) is 19.0. The van der Waals surface area contributed by atoms with Gasteiger partial charge >= 0.3 is 0 Å². The number of H-pyrrole nitrogens is 1. The molecule has 1 aliphatic rings. The van der Waals surface area contributed by atoms with Crippen LogP contribution in [-0.4, -0.2) is 30.0 Å². The Bertz CT molecular complexity index is 1170. The van der Waals surface area contributed by atoms with E-state index in [2.05, 4.69) is 15.3 Å². The highest BCUT2D eigenvalue weighted by Gasteiger charge is 2.23. The van der Waals surface area contributed by atoms with Gasteiger partial charge in [-0.15, -0.1) is 0 Å². The molecular formula is C19H16ClN3O3S. The lowest BCUT2D eigenvalue weighted by Gasteiger charge is -2.08. The number of amides is 1. The highest BCUT2D eigenvalue weighted by molar-refractivity contribution is 7.94. The van der Waals surface area contributed by atoms with Crippen LogP contribution in [-0.2, 0) is 14.6 Å². The number of hydrogen-bond acceptors (Lipinski definition) is 4. The van der Waals surface area contributed by atoms with Crippen LogP contribution in [0.1, 0.15) is 6.42 Å². The molecule has 2 N–H and O–H groups in total. The Kier molecular flexibility index (Phi) is 4.49. The van der Waals surface area contributed by atoms with Gasteiger partial charge < -0.3 is 10.3 Å². The van der Waals surface area contributed by atoms with E-state index in [1.165, 1.54) is 5.41 Å². The van der Waals surface area contributed by atoms with Crippen molar-refractivity contribution in [2.75, 3.05) is 11.1 Å². The molecule has 2 aromatic carbocycles. The lowest BCUT2D eigenvalue weighted by Crippen LogP contribution is -2.17. The summed E-state index contributed by atoms with van der Waals surface area (Å²) < 4.78 is 22.9. The molecule has 0 bridgehead atoms. The fraction of sp³-hybridized carbons (Fsp3) is 0.158. The molecule has 0 saturated heterocycles. The summed E-state index contributed by atoms with van der Waals surface area (Å²) in [5, 5.41) is 4.59. The molecule has 1 aliphatic heterocycles. The number of rotatable bonds is 4. The number of allylic oxidation sites excluding steroid dienone is 1. The summed E-state index contributed by atoms with van der Waals surface area (Å²) in [5.74, 6) is 0.131. The molecule has 1 aromatic heterocycles. The van der Waals surface area contributed by atoms with Gasteiger partial charge in [0.25, 0.3) is 0 Å². The van der Waals surface area contributed by atoms with Gasteiger partial charge in [-0.1, -0.05) is 29.8 Å². The van der Waals surface area contributed by atoms with Gasteiger partial charge in [0.05, 0.1) is 21.8 Å². The smallest absolute Gasteiger partial charge is 0.224 e. The van der Waals surface area contributed by atoms with Gasteiger partial charge in [-0.2, -0.15) is 0 Å². The Morgan fingerprint density at radius 1 is 1.26 bits per heavy atom. The number of nitrogens with one attached hydrogen (secondary N) is 2. The molecule has 0 radical (unpaired) electrons. The summed E-state index contributed by atoms with van der Waals surface area (Å²) in [6.07, 6.45) is 1.70. The number of fused-ring (bicyclic) bond motifs is 1. The van der Waals surface area contributed by atoms with Crippen molar-refractivity contribution >= 4 is 44.1 Å². The van der Waals surface area contributed by atoms with Gasteiger partial charge in [0.15, 0.2) is 9.84 Å². The summed E-state index contributed by atoms with van der Waals surface area (Å²) >= 11 is 6.22. The fourth-order valence-electron chi connectivity index (χ4n) is 3.09. The van der Waals surface area contributed by atoms with E-state index in [1.54, 1.807) is 24.3 Å². The number of benzene rings is 2. The first kappa shape index (κ1) is 17.8. The molecule has 0 aliphatic carbocycles. The SMILES string of the molecule is O=C(CC1C=CS(=O)(=O)C1)Nc1ccc2nc(-c3ccccc3Cl)[nH]c2c1. The largest absolute Gasteiger partial charge is 0.338 e. The van der Waals surface area contributed by atoms with Gasteiger partial charge in [-0.05, 0) is 30.3 Å². The molecule has 27 heavy (non-hydrogen) atoms. The quantitative estimate of drug-likeness (QED) is 0.696. The van der Waals surface area contributed by atoms with Gasteiger partial charge in [-0.3, -0.25) is 4.79 Å². The van der Waals surface area contributed by atoms with Crippen molar-refractivity contribution in [1.29, 1.82) is 0 Å². The maximum atomic E-state index is 12.2. The molecule has 0 fully saturated rings. The van der Waals surface area contributed by atoms with E-state index in [-0.39, 0.29) is 24.0 Å². The molecule has 138 valence electrons. The summed E-state index contributed by atoms with van der Waals surface area (Å²) in [7, 11) is -3.15. The van der Waals surface area contributed by atoms with E-state index >= 15 is 0 Å². The molecule has 0 saturated carbocycles. The number of anilines is 1. The van der Waals surface area contributed by atoms with Gasteiger partial charge in [0, 0.05) is 29.0 Å². The van der Waals surface area contributed by atoms with E-state index in [0.29, 0.717) is 16.5 Å². The maximum Gasteiger partial charge on any atom is 0.224 e. The minimum Gasteiger partial charge on any atom is -0.338 e. The maximum absolute atomic E-state index is 12.2. The normalized spacial score (nSPS) is 18.0. The summed E-state index contributed by atoms with van der Waals surface area (Å²) in [4.78, 5) is 20.0. The van der Waals surface area contributed by atoms with Crippen molar-refractivity contribution in [3.63, 3.8) is 0 Å². The van der Waals surface area contributed by atoms with Crippen LogP contribution in [0.5, 0.6) is 0 Å². The second kappa shape index (κ2) is 6.83. The number of halogens is 1. The first-order chi connectivity index (χ1) is 12.9. The topological polar surface area (TPSA) is 91.9 Å². The number of hydrogen-bond donors (Lipinski definition) is 2. The second-order valence-electron chi connectivity index (χ2n) is 6.47. The number of imidazole rings is 1. The number of carbonyl (C=O) groups is 1. The molecule has 4 rings (SSSR count). The van der Waals surface area contributed by atoms with E-state index in [9.17, 15) is 13.2 Å². The Labute approximate surface area is 161 Å². The molecule has 1 amide bonds. The zero-order valence-electron chi connectivity index (χ0n) is 14.1. The molecule has 0 spiro atoms. The first-order valence-electron chi connectivity index (χ1n) is 8.35. The van der Waals surface area contributed by atoms with Crippen molar-refractivity contribution in [3.05, 3.63) is 59.0 Å². The van der Waals surface area contributed by atoms with Crippen molar-refractivity contribution in [2.45, 2.75) is 6.42 Å². The van der Waals surface area contributed by atoms with Crippen LogP contribution in [0.25, 0.3) is 22.4 Å². The molecule has 8 heteroatoms. The molecular weight excluding hydrogens is 386 g/mol. The third-order valence-corrected chi connectivity index (χ3v) is 6.14. The van der Waals surface area contributed by atoms with Gasteiger partial charge in [0.2, 0.25) is 5.91 Å². The van der Waals surface area contributed by atoms with Crippen LogP contribution in [0.15, 0.2) is 53.9 Å². The number of carbonyl (C=O) groups excluding carboxylic acids is 1. The van der Waals surface area contributed by atoms with Crippen molar-refractivity contribution in [3.8, 4) is 11.4 Å².